The van der Waals surface area contributed by atoms with Gasteiger partial charge in [-0.25, -0.2) is 4.39 Å². The van der Waals surface area contributed by atoms with E-state index in [1.807, 2.05) is 6.92 Å². The van der Waals surface area contributed by atoms with Crippen molar-refractivity contribution in [2.45, 2.75) is 18.2 Å². The Bertz CT molecular complexity index is 692. The molecule has 0 spiro atoms. The SMILES string of the molecule is CCOc1cc(C(=O)NCCCSc2ccc(F)cc2)ccc1OC. The maximum absolute atomic E-state index is 12.8. The molecule has 6 heteroatoms. The quantitative estimate of drug-likeness (QED) is 0.537. The molecule has 0 aromatic heterocycles. The van der Waals surface area contributed by atoms with Gasteiger partial charge in [-0.1, -0.05) is 0 Å². The number of hydrogen-bond donors (Lipinski definition) is 1. The smallest absolute Gasteiger partial charge is 0.251 e. The lowest BCUT2D eigenvalue weighted by Crippen LogP contribution is -2.24. The van der Waals surface area contributed by atoms with Crippen molar-refractivity contribution in [3.8, 4) is 11.5 Å². The molecule has 0 saturated heterocycles. The normalized spacial score (nSPS) is 10.4. The van der Waals surface area contributed by atoms with Crippen LogP contribution in [0, 0.1) is 5.82 Å². The molecule has 1 amide bonds. The van der Waals surface area contributed by atoms with E-state index >= 15 is 0 Å². The van der Waals surface area contributed by atoms with Gasteiger partial charge >= 0.3 is 0 Å². The lowest BCUT2D eigenvalue weighted by Gasteiger charge is -2.11. The summed E-state index contributed by atoms with van der Waals surface area (Å²) in [5, 5.41) is 2.89. The van der Waals surface area contributed by atoms with Gasteiger partial charge in [0.25, 0.3) is 5.91 Å². The lowest BCUT2D eigenvalue weighted by atomic mass is 10.2. The van der Waals surface area contributed by atoms with Crippen LogP contribution in [0.1, 0.15) is 23.7 Å². The van der Waals surface area contributed by atoms with E-state index in [2.05, 4.69) is 5.32 Å². The Labute approximate surface area is 151 Å². The minimum absolute atomic E-state index is 0.143. The Balaban J connectivity index is 1.78. The van der Waals surface area contributed by atoms with Crippen molar-refractivity contribution in [3.05, 3.63) is 53.8 Å². The molecule has 2 rings (SSSR count). The molecule has 134 valence electrons. The van der Waals surface area contributed by atoms with Gasteiger partial charge in [0.1, 0.15) is 5.82 Å². The molecule has 0 saturated carbocycles. The summed E-state index contributed by atoms with van der Waals surface area (Å²) >= 11 is 1.64. The molecule has 2 aromatic carbocycles. The van der Waals surface area contributed by atoms with Crippen LogP contribution in [0.15, 0.2) is 47.4 Å². The van der Waals surface area contributed by atoms with Crippen LogP contribution < -0.4 is 14.8 Å². The van der Waals surface area contributed by atoms with E-state index in [0.717, 1.165) is 17.1 Å². The molecule has 0 radical (unpaired) electrons. The first-order valence-corrected chi connectivity index (χ1v) is 9.10. The first kappa shape index (κ1) is 19.1. The minimum atomic E-state index is -0.234. The number of ether oxygens (including phenoxy) is 2. The molecule has 0 bridgehead atoms. The zero-order valence-corrected chi connectivity index (χ0v) is 15.2. The molecule has 0 unspecified atom stereocenters. The number of carbonyl (C=O) groups is 1. The van der Waals surface area contributed by atoms with Gasteiger partial charge in [0.05, 0.1) is 13.7 Å². The van der Waals surface area contributed by atoms with Crippen LogP contribution in [0.4, 0.5) is 4.39 Å². The number of halogens is 1. The summed E-state index contributed by atoms with van der Waals surface area (Å²) in [7, 11) is 1.57. The van der Waals surface area contributed by atoms with Crippen molar-refractivity contribution in [1.29, 1.82) is 0 Å². The van der Waals surface area contributed by atoms with Crippen LogP contribution in [0.25, 0.3) is 0 Å². The second-order valence-corrected chi connectivity index (χ2v) is 6.38. The van der Waals surface area contributed by atoms with Crippen molar-refractivity contribution < 1.29 is 18.7 Å². The third-order valence-electron chi connectivity index (χ3n) is 3.41. The fourth-order valence-corrected chi connectivity index (χ4v) is 3.04. The van der Waals surface area contributed by atoms with Gasteiger partial charge in [-0.3, -0.25) is 4.79 Å². The molecule has 4 nitrogen and oxygen atoms in total. The van der Waals surface area contributed by atoms with E-state index in [-0.39, 0.29) is 11.7 Å². The number of methoxy groups -OCH3 is 1. The first-order chi connectivity index (χ1) is 12.1. The van der Waals surface area contributed by atoms with Crippen molar-refractivity contribution >= 4 is 17.7 Å². The van der Waals surface area contributed by atoms with E-state index in [9.17, 15) is 9.18 Å². The van der Waals surface area contributed by atoms with E-state index < -0.39 is 0 Å². The Morgan fingerprint density at radius 2 is 1.92 bits per heavy atom. The topological polar surface area (TPSA) is 47.6 Å². The van der Waals surface area contributed by atoms with Gasteiger partial charge in [0.15, 0.2) is 11.5 Å². The standard InChI is InChI=1S/C19H22FNO3S/c1-3-24-18-13-14(5-10-17(18)23-2)19(22)21-11-4-12-25-16-8-6-15(20)7-9-16/h5-10,13H,3-4,11-12H2,1-2H3,(H,21,22). The second-order valence-electron chi connectivity index (χ2n) is 5.21. The molecular weight excluding hydrogens is 341 g/mol. The molecule has 2 aromatic rings. The fraction of sp³-hybridized carbons (Fsp3) is 0.316. The summed E-state index contributed by atoms with van der Waals surface area (Å²) in [6, 6.07) is 11.5. The molecular formula is C19H22FNO3S. The van der Waals surface area contributed by atoms with Gasteiger partial charge in [-0.2, -0.15) is 0 Å². The number of hydrogen-bond acceptors (Lipinski definition) is 4. The third-order valence-corrected chi connectivity index (χ3v) is 4.51. The van der Waals surface area contributed by atoms with Gasteiger partial charge in [-0.05, 0) is 61.6 Å². The third kappa shape index (κ3) is 5.98. The first-order valence-electron chi connectivity index (χ1n) is 8.11. The monoisotopic (exact) mass is 363 g/mol. The average Bonchev–Trinajstić information content (AvgIpc) is 2.63. The molecule has 0 aliphatic carbocycles. The van der Waals surface area contributed by atoms with Gasteiger partial charge in [0.2, 0.25) is 0 Å². The van der Waals surface area contributed by atoms with Crippen molar-refractivity contribution in [3.63, 3.8) is 0 Å². The number of rotatable bonds is 9. The largest absolute Gasteiger partial charge is 0.493 e. The molecule has 0 aliphatic rings. The highest BCUT2D eigenvalue weighted by atomic mass is 32.2. The fourth-order valence-electron chi connectivity index (χ4n) is 2.18. The summed E-state index contributed by atoms with van der Waals surface area (Å²) in [4.78, 5) is 13.2. The van der Waals surface area contributed by atoms with Crippen LogP contribution in [0.3, 0.4) is 0 Å². The van der Waals surface area contributed by atoms with Crippen LogP contribution in [0.5, 0.6) is 11.5 Å². The molecule has 25 heavy (non-hydrogen) atoms. The summed E-state index contributed by atoms with van der Waals surface area (Å²) in [5.41, 5.74) is 0.537. The Hall–Kier alpha value is -2.21. The second kappa shape index (κ2) is 9.93. The molecule has 0 heterocycles. The highest BCUT2D eigenvalue weighted by molar-refractivity contribution is 7.99. The molecule has 1 N–H and O–H groups in total. The Morgan fingerprint density at radius 1 is 1.16 bits per heavy atom. The molecule has 0 atom stereocenters. The van der Waals surface area contributed by atoms with Gasteiger partial charge in [-0.15, -0.1) is 11.8 Å². The van der Waals surface area contributed by atoms with E-state index in [1.165, 1.54) is 12.1 Å². The van der Waals surface area contributed by atoms with E-state index in [0.29, 0.717) is 30.2 Å². The lowest BCUT2D eigenvalue weighted by molar-refractivity contribution is 0.0953. The number of amides is 1. The predicted octanol–water partition coefficient (Wildman–Crippen LogP) is 4.15. The Morgan fingerprint density at radius 3 is 2.60 bits per heavy atom. The van der Waals surface area contributed by atoms with E-state index in [4.69, 9.17) is 9.47 Å². The molecule has 0 aliphatic heterocycles. The number of thioether (sulfide) groups is 1. The minimum Gasteiger partial charge on any atom is -0.493 e. The zero-order valence-electron chi connectivity index (χ0n) is 14.4. The zero-order chi connectivity index (χ0) is 18.1. The Kier molecular flexibility index (Phi) is 7.60. The highest BCUT2D eigenvalue weighted by Gasteiger charge is 2.10. The summed E-state index contributed by atoms with van der Waals surface area (Å²) in [5.74, 6) is 1.63. The number of nitrogens with one attached hydrogen (secondary N) is 1. The predicted molar refractivity (Wildman–Crippen MR) is 98.2 cm³/mol. The number of benzene rings is 2. The van der Waals surface area contributed by atoms with Crippen LogP contribution >= 0.6 is 11.8 Å². The van der Waals surface area contributed by atoms with Crippen LogP contribution in [-0.2, 0) is 0 Å². The van der Waals surface area contributed by atoms with Crippen molar-refractivity contribution in [2.24, 2.45) is 0 Å². The summed E-state index contributed by atoms with van der Waals surface area (Å²) in [6.45, 7) is 2.95. The maximum atomic E-state index is 12.8. The average molecular weight is 363 g/mol. The van der Waals surface area contributed by atoms with Crippen LogP contribution in [0.2, 0.25) is 0 Å². The van der Waals surface area contributed by atoms with Gasteiger partial charge in [0, 0.05) is 17.0 Å². The van der Waals surface area contributed by atoms with Gasteiger partial charge < -0.3 is 14.8 Å². The van der Waals surface area contributed by atoms with Crippen LogP contribution in [-0.4, -0.2) is 31.9 Å². The number of carbonyl (C=O) groups excluding carboxylic acids is 1. The van der Waals surface area contributed by atoms with Crippen molar-refractivity contribution in [1.82, 2.24) is 5.32 Å². The highest BCUT2D eigenvalue weighted by Crippen LogP contribution is 2.28. The van der Waals surface area contributed by atoms with E-state index in [1.54, 1.807) is 49.2 Å². The summed E-state index contributed by atoms with van der Waals surface area (Å²) < 4.78 is 23.5. The molecule has 0 fully saturated rings. The summed E-state index contributed by atoms with van der Waals surface area (Å²) in [6.07, 6.45) is 0.822. The van der Waals surface area contributed by atoms with Crippen molar-refractivity contribution in [2.75, 3.05) is 26.0 Å². The maximum Gasteiger partial charge on any atom is 0.251 e.